The zero-order chi connectivity index (χ0) is 12.8. The largest absolute Gasteiger partial charge is 0.384 e. The van der Waals surface area contributed by atoms with Gasteiger partial charge in [0.25, 0.3) is 0 Å². The van der Waals surface area contributed by atoms with Gasteiger partial charge in [0, 0.05) is 4.90 Å². The summed E-state index contributed by atoms with van der Waals surface area (Å²) in [7, 11) is -1.39. The first-order valence-electron chi connectivity index (χ1n) is 5.21. The zero-order valence-electron chi connectivity index (χ0n) is 9.80. The molecule has 0 aliphatic rings. The summed E-state index contributed by atoms with van der Waals surface area (Å²) in [6.07, 6.45) is 3.49. The maximum atomic E-state index is 12.2. The molecule has 1 N–H and O–H groups in total. The molecule has 0 aliphatic heterocycles. The monoisotopic (exact) mass is 248 g/mol. The van der Waals surface area contributed by atoms with Gasteiger partial charge in [-0.1, -0.05) is 36.4 Å². The van der Waals surface area contributed by atoms with E-state index in [4.69, 9.17) is 0 Å². The predicted molar refractivity (Wildman–Crippen MR) is 72.1 cm³/mol. The number of hydrogen-bond donors (Lipinski definition) is 1. The molecule has 1 rings (SSSR count). The second-order valence-corrected chi connectivity index (χ2v) is 5.05. The second-order valence-electron chi connectivity index (χ2n) is 3.57. The molecule has 0 heterocycles. The third-order valence-electron chi connectivity index (χ3n) is 2.25. The Morgan fingerprint density at radius 3 is 2.41 bits per heavy atom. The molecule has 3 heteroatoms. The van der Waals surface area contributed by atoms with Gasteiger partial charge in [0.1, 0.15) is 6.10 Å². The molecule has 0 aromatic heterocycles. The fourth-order valence-corrected chi connectivity index (χ4v) is 2.49. The van der Waals surface area contributed by atoms with Gasteiger partial charge in [-0.15, -0.1) is 6.58 Å². The van der Waals surface area contributed by atoms with Crippen molar-refractivity contribution in [3.05, 3.63) is 66.1 Å². The topological polar surface area (TPSA) is 37.3 Å². The van der Waals surface area contributed by atoms with E-state index in [1.165, 1.54) is 12.2 Å². The van der Waals surface area contributed by atoms with Crippen LogP contribution >= 0.6 is 0 Å². The highest BCUT2D eigenvalue weighted by Gasteiger charge is 2.15. The van der Waals surface area contributed by atoms with E-state index < -0.39 is 16.9 Å². The lowest BCUT2D eigenvalue weighted by molar-refractivity contribution is 0.267. The lowest BCUT2D eigenvalue weighted by Gasteiger charge is -2.10. The molecule has 0 saturated carbocycles. The van der Waals surface area contributed by atoms with E-state index in [2.05, 4.69) is 13.2 Å². The maximum absolute atomic E-state index is 12.2. The van der Waals surface area contributed by atoms with Crippen molar-refractivity contribution in [1.29, 1.82) is 0 Å². The predicted octanol–water partition coefficient (Wildman–Crippen LogP) is 2.72. The molecule has 2 nitrogen and oxygen atoms in total. The molecular formula is C14H16O2S. The summed E-state index contributed by atoms with van der Waals surface area (Å²) in [5.41, 5.74) is 1.10. The number of aliphatic hydroxyl groups is 1. The molecule has 1 unspecified atom stereocenters. The van der Waals surface area contributed by atoms with Crippen LogP contribution in [0.5, 0.6) is 0 Å². The van der Waals surface area contributed by atoms with Crippen molar-refractivity contribution in [3.63, 3.8) is 0 Å². The number of aliphatic hydroxyl groups excluding tert-OH is 1. The highest BCUT2D eigenvalue weighted by Crippen LogP contribution is 2.18. The van der Waals surface area contributed by atoms with Crippen molar-refractivity contribution in [3.8, 4) is 0 Å². The Morgan fingerprint density at radius 1 is 1.35 bits per heavy atom. The van der Waals surface area contributed by atoms with Gasteiger partial charge in [-0.3, -0.25) is 0 Å². The van der Waals surface area contributed by atoms with Gasteiger partial charge in [0.15, 0.2) is 0 Å². The number of aryl methyl sites for hydroxylation is 1. The maximum Gasteiger partial charge on any atom is 0.106 e. The van der Waals surface area contributed by atoms with Crippen molar-refractivity contribution < 1.29 is 9.32 Å². The number of allylic oxidation sites excluding steroid dienone is 2. The first-order valence-corrected chi connectivity index (χ1v) is 6.36. The third-order valence-corrected chi connectivity index (χ3v) is 3.75. The summed E-state index contributed by atoms with van der Waals surface area (Å²) in [5.74, 6) is 0. The third kappa shape index (κ3) is 3.51. The SMILES string of the molecule is C=C/C=C(\[C@@H](O)C=C)S(=O)c1ccc(C)cc1. The molecule has 0 fully saturated rings. The average Bonchev–Trinajstić information content (AvgIpc) is 2.35. The molecule has 2 atom stereocenters. The summed E-state index contributed by atoms with van der Waals surface area (Å²) >= 11 is 0. The van der Waals surface area contributed by atoms with Crippen molar-refractivity contribution >= 4 is 10.8 Å². The summed E-state index contributed by atoms with van der Waals surface area (Å²) in [6, 6.07) is 7.36. The van der Waals surface area contributed by atoms with Crippen LogP contribution in [0.4, 0.5) is 0 Å². The quantitative estimate of drug-likeness (QED) is 0.642. The smallest absolute Gasteiger partial charge is 0.106 e. The van der Waals surface area contributed by atoms with Crippen LogP contribution in [-0.4, -0.2) is 15.4 Å². The van der Waals surface area contributed by atoms with Gasteiger partial charge in [0.2, 0.25) is 0 Å². The molecule has 90 valence electrons. The van der Waals surface area contributed by atoms with Crippen molar-refractivity contribution in [2.24, 2.45) is 0 Å². The van der Waals surface area contributed by atoms with E-state index in [1.54, 1.807) is 18.2 Å². The minimum atomic E-state index is -1.39. The Kier molecular flexibility index (Phi) is 5.07. The Labute approximate surface area is 104 Å². The molecule has 1 aromatic carbocycles. The molecule has 0 saturated heterocycles. The van der Waals surface area contributed by atoms with Gasteiger partial charge < -0.3 is 5.11 Å². The van der Waals surface area contributed by atoms with Gasteiger partial charge in [-0.25, -0.2) is 4.21 Å². The van der Waals surface area contributed by atoms with Gasteiger partial charge in [-0.05, 0) is 25.1 Å². The lowest BCUT2D eigenvalue weighted by Crippen LogP contribution is -2.11. The van der Waals surface area contributed by atoms with E-state index in [1.807, 2.05) is 19.1 Å². The van der Waals surface area contributed by atoms with E-state index in [-0.39, 0.29) is 0 Å². The number of rotatable bonds is 5. The van der Waals surface area contributed by atoms with Gasteiger partial charge >= 0.3 is 0 Å². The highest BCUT2D eigenvalue weighted by atomic mass is 32.2. The van der Waals surface area contributed by atoms with E-state index in [0.29, 0.717) is 9.80 Å². The first kappa shape index (κ1) is 13.6. The van der Waals surface area contributed by atoms with E-state index in [0.717, 1.165) is 5.56 Å². The van der Waals surface area contributed by atoms with Crippen molar-refractivity contribution in [2.75, 3.05) is 0 Å². The summed E-state index contributed by atoms with van der Waals surface area (Å²) < 4.78 is 12.2. The average molecular weight is 248 g/mol. The van der Waals surface area contributed by atoms with Crippen LogP contribution in [0.2, 0.25) is 0 Å². The minimum absolute atomic E-state index is 0.388. The van der Waals surface area contributed by atoms with Crippen LogP contribution in [-0.2, 0) is 10.8 Å². The fourth-order valence-electron chi connectivity index (χ4n) is 1.30. The van der Waals surface area contributed by atoms with Crippen LogP contribution in [0.3, 0.4) is 0 Å². The van der Waals surface area contributed by atoms with Gasteiger partial charge in [0.05, 0.1) is 15.7 Å². The first-order chi connectivity index (χ1) is 8.10. The van der Waals surface area contributed by atoms with Crippen LogP contribution in [0, 0.1) is 6.92 Å². The van der Waals surface area contributed by atoms with E-state index >= 15 is 0 Å². The molecule has 0 radical (unpaired) electrons. The second kappa shape index (κ2) is 6.33. The molecule has 0 bridgehead atoms. The summed E-state index contributed by atoms with van der Waals surface area (Å²) in [5, 5.41) is 9.71. The molecule has 0 spiro atoms. The van der Waals surface area contributed by atoms with E-state index in [9.17, 15) is 9.32 Å². The number of benzene rings is 1. The minimum Gasteiger partial charge on any atom is -0.384 e. The van der Waals surface area contributed by atoms with Gasteiger partial charge in [-0.2, -0.15) is 0 Å². The van der Waals surface area contributed by atoms with Crippen molar-refractivity contribution in [1.82, 2.24) is 0 Å². The molecular weight excluding hydrogens is 232 g/mol. The lowest BCUT2D eigenvalue weighted by atomic mass is 10.2. The molecule has 17 heavy (non-hydrogen) atoms. The van der Waals surface area contributed by atoms with Crippen LogP contribution < -0.4 is 0 Å². The normalized spacial score (nSPS) is 15.1. The fraction of sp³-hybridized carbons (Fsp3) is 0.143. The zero-order valence-corrected chi connectivity index (χ0v) is 10.6. The Bertz CT molecular complexity index is 458. The Balaban J connectivity index is 3.08. The Hall–Kier alpha value is -1.45. The summed E-state index contributed by atoms with van der Waals surface area (Å²) in [6.45, 7) is 9.01. The highest BCUT2D eigenvalue weighted by molar-refractivity contribution is 7.89. The van der Waals surface area contributed by atoms with Crippen LogP contribution in [0.15, 0.2) is 65.5 Å². The number of hydrogen-bond acceptors (Lipinski definition) is 2. The summed E-state index contributed by atoms with van der Waals surface area (Å²) in [4.78, 5) is 1.04. The van der Waals surface area contributed by atoms with Crippen LogP contribution in [0.1, 0.15) is 5.56 Å². The standard InChI is InChI=1S/C14H16O2S/c1-4-6-14(13(15)5-2)17(16)12-9-7-11(3)8-10-12/h4-10,13,15H,1-2H2,3H3/b14-6+/t13-,17?/m0/s1. The van der Waals surface area contributed by atoms with Crippen molar-refractivity contribution in [2.45, 2.75) is 17.9 Å². The van der Waals surface area contributed by atoms with Crippen LogP contribution in [0.25, 0.3) is 0 Å². The molecule has 0 amide bonds. The molecule has 1 aromatic rings. The Morgan fingerprint density at radius 2 is 1.94 bits per heavy atom. The molecule has 0 aliphatic carbocycles.